The Morgan fingerprint density at radius 2 is 0.838 bits per heavy atom. The van der Waals surface area contributed by atoms with E-state index in [9.17, 15) is 35.4 Å². The lowest BCUT2D eigenvalue weighted by Crippen LogP contribution is -2.60. The van der Waals surface area contributed by atoms with Crippen molar-refractivity contribution in [3.8, 4) is 0 Å². The van der Waals surface area contributed by atoms with Crippen LogP contribution >= 0.6 is 0 Å². The third kappa shape index (κ3) is 41.0. The molecule has 1 saturated heterocycles. The van der Waals surface area contributed by atoms with Gasteiger partial charge in [-0.1, -0.05) is 261 Å². The van der Waals surface area contributed by atoms with Crippen LogP contribution < -0.4 is 5.32 Å². The van der Waals surface area contributed by atoms with Crippen molar-refractivity contribution >= 4 is 5.91 Å². The van der Waals surface area contributed by atoms with Gasteiger partial charge >= 0.3 is 0 Å². The number of amides is 1. The summed E-state index contributed by atoms with van der Waals surface area (Å²) in [6.07, 6.45) is 62.2. The van der Waals surface area contributed by atoms with E-state index in [1.165, 1.54) is 193 Å². The van der Waals surface area contributed by atoms with Crippen LogP contribution in [0, 0.1) is 0 Å². The molecule has 0 aromatic heterocycles. The zero-order valence-corrected chi connectivity index (χ0v) is 47.7. The molecule has 8 atom stereocenters. The molecule has 0 spiro atoms. The Hall–Kier alpha value is -2.15. The molecule has 432 valence electrons. The van der Waals surface area contributed by atoms with E-state index in [-0.39, 0.29) is 6.61 Å². The monoisotopic (exact) mass is 1040 g/mol. The number of hydrogen-bond donors (Lipinski definition) is 7. The lowest BCUT2D eigenvalue weighted by Gasteiger charge is -2.40. The molecule has 0 saturated carbocycles. The molecule has 1 aliphatic heterocycles. The summed E-state index contributed by atoms with van der Waals surface area (Å²) in [5.41, 5.74) is 0. The number of nitrogens with one attached hydrogen (secondary N) is 1. The Labute approximate surface area is 454 Å². The summed E-state index contributed by atoms with van der Waals surface area (Å²) in [5, 5.41) is 64.9. The molecule has 10 heteroatoms. The van der Waals surface area contributed by atoms with Crippen molar-refractivity contribution in [2.75, 3.05) is 13.2 Å². The second-order valence-corrected chi connectivity index (χ2v) is 21.6. The molecule has 1 rings (SSSR count). The van der Waals surface area contributed by atoms with Gasteiger partial charge in [0.2, 0.25) is 5.91 Å². The molecule has 0 aromatic carbocycles. The molecule has 0 radical (unpaired) electrons. The first-order valence-electron chi connectivity index (χ1n) is 31.1. The molecule has 0 bridgehead atoms. The van der Waals surface area contributed by atoms with Gasteiger partial charge in [-0.05, 0) is 77.0 Å². The lowest BCUT2D eigenvalue weighted by molar-refractivity contribution is -0.302. The second kappa shape index (κ2) is 52.9. The highest BCUT2D eigenvalue weighted by Gasteiger charge is 2.44. The first-order valence-corrected chi connectivity index (χ1v) is 31.1. The van der Waals surface area contributed by atoms with Crippen molar-refractivity contribution in [3.05, 3.63) is 60.8 Å². The van der Waals surface area contributed by atoms with Gasteiger partial charge in [0, 0.05) is 0 Å². The SMILES string of the molecule is CCCCC/C=C/CC/C=C/CC/C=C/C(O)C(COC1OC(CO)C(O)C(O)C1O)NC(=O)C(O)CCCCCCCCCCCCCCCCCC/C=C\C/C=C\CCCCCCCCCCCCCCC. The molecule has 1 amide bonds. The van der Waals surface area contributed by atoms with Gasteiger partial charge in [0.05, 0.1) is 25.4 Å². The van der Waals surface area contributed by atoms with Crippen molar-refractivity contribution in [2.24, 2.45) is 0 Å². The van der Waals surface area contributed by atoms with E-state index < -0.39 is 61.5 Å². The third-order valence-corrected chi connectivity index (χ3v) is 14.7. The van der Waals surface area contributed by atoms with Crippen LogP contribution in [-0.2, 0) is 14.3 Å². The number of carbonyl (C=O) groups excluding carboxylic acids is 1. The Kier molecular flexibility index (Phi) is 49.9. The molecule has 7 N–H and O–H groups in total. The first-order chi connectivity index (χ1) is 36.3. The molecule has 1 fully saturated rings. The maximum atomic E-state index is 13.1. The fraction of sp³-hybridized carbons (Fsp3) is 0.828. The summed E-state index contributed by atoms with van der Waals surface area (Å²) < 4.78 is 11.2. The van der Waals surface area contributed by atoms with Gasteiger partial charge < -0.3 is 45.4 Å². The predicted octanol–water partition coefficient (Wildman–Crippen LogP) is 14.8. The van der Waals surface area contributed by atoms with E-state index in [1.54, 1.807) is 6.08 Å². The van der Waals surface area contributed by atoms with Crippen LogP contribution in [0.25, 0.3) is 0 Å². The highest BCUT2D eigenvalue weighted by molar-refractivity contribution is 5.80. The summed E-state index contributed by atoms with van der Waals surface area (Å²) >= 11 is 0. The van der Waals surface area contributed by atoms with E-state index in [1.807, 2.05) is 6.08 Å². The van der Waals surface area contributed by atoms with Crippen molar-refractivity contribution in [1.82, 2.24) is 5.32 Å². The fourth-order valence-electron chi connectivity index (χ4n) is 9.64. The van der Waals surface area contributed by atoms with Gasteiger partial charge in [-0.2, -0.15) is 0 Å². The molecule has 10 nitrogen and oxygen atoms in total. The van der Waals surface area contributed by atoms with Gasteiger partial charge in [0.15, 0.2) is 6.29 Å². The number of aliphatic hydroxyl groups is 6. The minimum Gasteiger partial charge on any atom is -0.394 e. The Morgan fingerprint density at radius 1 is 0.473 bits per heavy atom. The smallest absolute Gasteiger partial charge is 0.249 e. The Bertz CT molecular complexity index is 1370. The minimum atomic E-state index is -1.62. The zero-order chi connectivity index (χ0) is 53.8. The topological polar surface area (TPSA) is 169 Å². The van der Waals surface area contributed by atoms with Crippen LogP contribution in [0.5, 0.6) is 0 Å². The number of allylic oxidation sites excluding steroid dienone is 9. The average molecular weight is 1040 g/mol. The van der Waals surface area contributed by atoms with Crippen LogP contribution in [-0.4, -0.2) is 98.7 Å². The summed E-state index contributed by atoms with van der Waals surface area (Å²) in [6, 6.07) is -1.00. The number of carbonyl (C=O) groups is 1. The number of ether oxygens (including phenoxy) is 2. The van der Waals surface area contributed by atoms with E-state index in [2.05, 4.69) is 67.8 Å². The Morgan fingerprint density at radius 3 is 1.28 bits per heavy atom. The standard InChI is InChI=1S/C64H117NO9/c1-3-5-7-9-11-13-15-17-18-19-20-21-22-23-24-25-26-27-28-29-30-31-32-33-34-35-36-37-38-39-41-43-45-47-49-51-53-58(68)63(72)65-56(55-73-64-62(71)61(70)60(69)59(54-66)74-64)57(67)52-50-48-46-44-42-40-16-14-12-10-8-6-4-2/h12,14,24-25,27-28,42,44,50,52,56-62,64,66-71H,3-11,13,15-23,26,29-41,43,45-49,51,53-55H2,1-2H3,(H,65,72)/b14-12+,25-24-,28-27-,44-42+,52-50+. The van der Waals surface area contributed by atoms with Gasteiger partial charge in [-0.3, -0.25) is 4.79 Å². The normalized spacial score (nSPS) is 19.8. The zero-order valence-electron chi connectivity index (χ0n) is 47.7. The average Bonchev–Trinajstić information content (AvgIpc) is 3.40. The number of aliphatic hydroxyl groups excluding tert-OH is 6. The summed E-state index contributed by atoms with van der Waals surface area (Å²) in [4.78, 5) is 13.1. The Balaban J connectivity index is 2.12. The van der Waals surface area contributed by atoms with Gasteiger partial charge in [0.1, 0.15) is 30.5 Å². The number of unbranched alkanes of at least 4 members (excludes halogenated alkanes) is 34. The van der Waals surface area contributed by atoms with Crippen LogP contribution in [0.3, 0.4) is 0 Å². The molecular formula is C64H117NO9. The van der Waals surface area contributed by atoms with Crippen LogP contribution in [0.2, 0.25) is 0 Å². The lowest BCUT2D eigenvalue weighted by atomic mass is 9.99. The van der Waals surface area contributed by atoms with Gasteiger partial charge in [-0.15, -0.1) is 0 Å². The van der Waals surface area contributed by atoms with E-state index in [0.717, 1.165) is 51.4 Å². The maximum Gasteiger partial charge on any atom is 0.249 e. The number of hydrogen-bond acceptors (Lipinski definition) is 9. The van der Waals surface area contributed by atoms with E-state index >= 15 is 0 Å². The maximum absolute atomic E-state index is 13.1. The summed E-state index contributed by atoms with van der Waals surface area (Å²) in [5.74, 6) is -0.630. The van der Waals surface area contributed by atoms with Crippen LogP contribution in [0.4, 0.5) is 0 Å². The van der Waals surface area contributed by atoms with E-state index in [0.29, 0.717) is 19.3 Å². The van der Waals surface area contributed by atoms with Crippen LogP contribution in [0.15, 0.2) is 60.8 Å². The van der Waals surface area contributed by atoms with Crippen molar-refractivity contribution in [1.29, 1.82) is 0 Å². The molecular weight excluding hydrogens is 927 g/mol. The molecule has 0 aliphatic carbocycles. The molecule has 1 heterocycles. The third-order valence-electron chi connectivity index (χ3n) is 14.7. The predicted molar refractivity (Wildman–Crippen MR) is 310 cm³/mol. The molecule has 8 unspecified atom stereocenters. The van der Waals surface area contributed by atoms with Gasteiger partial charge in [0.25, 0.3) is 0 Å². The first kappa shape index (κ1) is 69.9. The fourth-order valence-corrected chi connectivity index (χ4v) is 9.64. The highest BCUT2D eigenvalue weighted by atomic mass is 16.7. The second-order valence-electron chi connectivity index (χ2n) is 21.6. The highest BCUT2D eigenvalue weighted by Crippen LogP contribution is 2.23. The number of rotatable bonds is 53. The minimum absolute atomic E-state index is 0.300. The molecule has 0 aromatic rings. The van der Waals surface area contributed by atoms with Gasteiger partial charge in [-0.25, -0.2) is 0 Å². The summed E-state index contributed by atoms with van der Waals surface area (Å²) in [7, 11) is 0. The summed E-state index contributed by atoms with van der Waals surface area (Å²) in [6.45, 7) is 3.57. The quantitative estimate of drug-likeness (QED) is 0.0232. The van der Waals surface area contributed by atoms with Crippen molar-refractivity contribution in [3.63, 3.8) is 0 Å². The molecule has 1 aliphatic rings. The molecule has 74 heavy (non-hydrogen) atoms. The van der Waals surface area contributed by atoms with E-state index in [4.69, 9.17) is 9.47 Å². The van der Waals surface area contributed by atoms with Crippen molar-refractivity contribution < 1.29 is 44.9 Å². The van der Waals surface area contributed by atoms with Crippen molar-refractivity contribution in [2.45, 2.75) is 326 Å². The largest absolute Gasteiger partial charge is 0.394 e. The van der Waals surface area contributed by atoms with Crippen LogP contribution in [0.1, 0.15) is 277 Å².